The lowest BCUT2D eigenvalue weighted by molar-refractivity contribution is 0.476. The van der Waals surface area contributed by atoms with E-state index in [1.165, 1.54) is 0 Å². The van der Waals surface area contributed by atoms with Crippen LogP contribution < -0.4 is 21.1 Å². The summed E-state index contributed by atoms with van der Waals surface area (Å²) in [5, 5.41) is 0. The lowest BCUT2D eigenvalue weighted by Crippen LogP contribution is -2.16. The molecule has 0 bridgehead atoms. The van der Waals surface area contributed by atoms with Gasteiger partial charge in [0.2, 0.25) is 0 Å². The van der Waals surface area contributed by atoms with Crippen LogP contribution in [-0.4, -0.2) is 7.05 Å². The van der Waals surface area contributed by atoms with Crippen LogP contribution in [0.1, 0.15) is 0 Å². The Balaban J connectivity index is 2.17. The second-order valence-electron chi connectivity index (χ2n) is 4.12. The molecule has 17 heavy (non-hydrogen) atoms. The quantitative estimate of drug-likeness (QED) is 0.679. The first-order valence-electron chi connectivity index (χ1n) is 5.36. The Labute approximate surface area is 99.4 Å². The van der Waals surface area contributed by atoms with Crippen molar-refractivity contribution in [2.24, 2.45) is 0 Å². The standard InChI is InChI=1S/C13H13N3O/c1-16-10-4-2-9(15)7-13(10)17-12-5-3-8(14)6-11(12)16/h2-7H,14-15H2,1H3. The number of rotatable bonds is 0. The second kappa shape index (κ2) is 3.31. The predicted molar refractivity (Wildman–Crippen MR) is 69.8 cm³/mol. The molecule has 1 heterocycles. The number of hydrogen-bond acceptors (Lipinski definition) is 4. The molecule has 2 aromatic carbocycles. The molecule has 4 heteroatoms. The molecule has 0 saturated carbocycles. The third-order valence-electron chi connectivity index (χ3n) is 2.91. The molecule has 0 spiro atoms. The van der Waals surface area contributed by atoms with Crippen molar-refractivity contribution < 1.29 is 4.74 Å². The van der Waals surface area contributed by atoms with E-state index in [4.69, 9.17) is 16.2 Å². The molecule has 0 fully saturated rings. The van der Waals surface area contributed by atoms with Gasteiger partial charge >= 0.3 is 0 Å². The van der Waals surface area contributed by atoms with Gasteiger partial charge in [-0.25, -0.2) is 0 Å². The van der Waals surface area contributed by atoms with Crippen molar-refractivity contribution in [3.05, 3.63) is 36.4 Å². The van der Waals surface area contributed by atoms with Crippen molar-refractivity contribution >= 4 is 22.7 Å². The van der Waals surface area contributed by atoms with E-state index in [-0.39, 0.29) is 0 Å². The van der Waals surface area contributed by atoms with Gasteiger partial charge in [0.25, 0.3) is 0 Å². The van der Waals surface area contributed by atoms with Gasteiger partial charge in [0.15, 0.2) is 11.5 Å². The highest BCUT2D eigenvalue weighted by atomic mass is 16.5. The largest absolute Gasteiger partial charge is 0.453 e. The molecule has 1 aliphatic rings. The minimum atomic E-state index is 0.691. The number of nitrogen functional groups attached to an aromatic ring is 2. The van der Waals surface area contributed by atoms with Crippen LogP contribution in [0.25, 0.3) is 0 Å². The molecule has 0 atom stereocenters. The van der Waals surface area contributed by atoms with Crippen molar-refractivity contribution in [1.82, 2.24) is 0 Å². The Morgan fingerprint density at radius 2 is 1.59 bits per heavy atom. The molecular formula is C13H13N3O. The van der Waals surface area contributed by atoms with Gasteiger partial charge in [-0.3, -0.25) is 0 Å². The summed E-state index contributed by atoms with van der Waals surface area (Å²) in [5.74, 6) is 1.56. The number of fused-ring (bicyclic) bond motifs is 2. The molecule has 4 nitrogen and oxygen atoms in total. The summed E-state index contributed by atoms with van der Waals surface area (Å²) in [5.41, 5.74) is 14.9. The van der Waals surface area contributed by atoms with Crippen molar-refractivity contribution in [3.63, 3.8) is 0 Å². The first-order chi connectivity index (χ1) is 8.15. The maximum absolute atomic E-state index is 5.81. The molecule has 0 saturated heterocycles. The highest BCUT2D eigenvalue weighted by molar-refractivity contribution is 5.80. The Morgan fingerprint density at radius 1 is 0.882 bits per heavy atom. The van der Waals surface area contributed by atoms with E-state index in [1.54, 1.807) is 0 Å². The Hall–Kier alpha value is -2.36. The van der Waals surface area contributed by atoms with Crippen LogP contribution in [0.3, 0.4) is 0 Å². The first-order valence-corrected chi connectivity index (χ1v) is 5.36. The highest BCUT2D eigenvalue weighted by Gasteiger charge is 2.21. The number of anilines is 4. The van der Waals surface area contributed by atoms with Crippen LogP contribution in [-0.2, 0) is 0 Å². The molecule has 0 radical (unpaired) electrons. The molecule has 1 aliphatic heterocycles. The smallest absolute Gasteiger partial charge is 0.153 e. The van der Waals surface area contributed by atoms with Gasteiger partial charge in [0.05, 0.1) is 11.4 Å². The summed E-state index contributed by atoms with van der Waals surface area (Å²) >= 11 is 0. The van der Waals surface area contributed by atoms with Gasteiger partial charge in [-0.2, -0.15) is 0 Å². The fraction of sp³-hybridized carbons (Fsp3) is 0.0769. The number of nitrogens with two attached hydrogens (primary N) is 2. The van der Waals surface area contributed by atoms with Crippen LogP contribution in [0.2, 0.25) is 0 Å². The maximum atomic E-state index is 5.81. The topological polar surface area (TPSA) is 64.5 Å². The van der Waals surface area contributed by atoms with Crippen LogP contribution >= 0.6 is 0 Å². The van der Waals surface area contributed by atoms with E-state index in [9.17, 15) is 0 Å². The Morgan fingerprint density at radius 3 is 2.41 bits per heavy atom. The minimum Gasteiger partial charge on any atom is -0.453 e. The fourth-order valence-electron chi connectivity index (χ4n) is 2.02. The van der Waals surface area contributed by atoms with Crippen molar-refractivity contribution in [3.8, 4) is 11.5 Å². The van der Waals surface area contributed by atoms with Gasteiger partial charge in [-0.1, -0.05) is 0 Å². The number of nitrogens with zero attached hydrogens (tertiary/aromatic N) is 1. The van der Waals surface area contributed by atoms with E-state index in [1.807, 2.05) is 48.3 Å². The molecule has 0 aliphatic carbocycles. The van der Waals surface area contributed by atoms with E-state index < -0.39 is 0 Å². The average molecular weight is 227 g/mol. The summed E-state index contributed by atoms with van der Waals surface area (Å²) in [7, 11) is 1.98. The zero-order valence-electron chi connectivity index (χ0n) is 9.47. The molecule has 2 aromatic rings. The number of hydrogen-bond donors (Lipinski definition) is 2. The molecule has 0 amide bonds. The summed E-state index contributed by atoms with van der Waals surface area (Å²) in [4.78, 5) is 2.05. The van der Waals surface area contributed by atoms with Crippen molar-refractivity contribution in [2.45, 2.75) is 0 Å². The molecule has 3 rings (SSSR count). The van der Waals surface area contributed by atoms with Crippen LogP contribution in [0.5, 0.6) is 11.5 Å². The predicted octanol–water partition coefficient (Wildman–Crippen LogP) is 2.72. The monoisotopic (exact) mass is 227 g/mol. The molecule has 86 valence electrons. The zero-order valence-corrected chi connectivity index (χ0v) is 9.47. The van der Waals surface area contributed by atoms with E-state index in [0.29, 0.717) is 5.69 Å². The highest BCUT2D eigenvalue weighted by Crippen LogP contribution is 2.46. The Kier molecular flexibility index (Phi) is 1.92. The lowest BCUT2D eigenvalue weighted by Gasteiger charge is -2.29. The molecule has 0 unspecified atom stereocenters. The third kappa shape index (κ3) is 1.45. The van der Waals surface area contributed by atoms with Gasteiger partial charge in [-0.15, -0.1) is 0 Å². The zero-order chi connectivity index (χ0) is 12.0. The van der Waals surface area contributed by atoms with E-state index in [0.717, 1.165) is 28.6 Å². The summed E-state index contributed by atoms with van der Waals surface area (Å²) in [6, 6.07) is 11.2. The first kappa shape index (κ1) is 9.84. The summed E-state index contributed by atoms with van der Waals surface area (Å²) in [6.45, 7) is 0. The van der Waals surface area contributed by atoms with Crippen LogP contribution in [0.4, 0.5) is 22.7 Å². The van der Waals surface area contributed by atoms with Crippen molar-refractivity contribution in [1.29, 1.82) is 0 Å². The van der Waals surface area contributed by atoms with Gasteiger partial charge in [-0.05, 0) is 30.3 Å². The summed E-state index contributed by atoms with van der Waals surface area (Å²) in [6.07, 6.45) is 0. The van der Waals surface area contributed by atoms with E-state index >= 15 is 0 Å². The number of ether oxygens (including phenoxy) is 1. The average Bonchev–Trinajstić information content (AvgIpc) is 2.30. The van der Waals surface area contributed by atoms with Gasteiger partial charge in [0, 0.05) is 24.5 Å². The molecular weight excluding hydrogens is 214 g/mol. The lowest BCUT2D eigenvalue weighted by atomic mass is 10.1. The number of benzene rings is 2. The van der Waals surface area contributed by atoms with Gasteiger partial charge < -0.3 is 21.1 Å². The molecule has 4 N–H and O–H groups in total. The SMILES string of the molecule is CN1c2ccc(N)cc2Oc2ccc(N)cc21. The fourth-order valence-corrected chi connectivity index (χ4v) is 2.02. The minimum absolute atomic E-state index is 0.691. The maximum Gasteiger partial charge on any atom is 0.153 e. The van der Waals surface area contributed by atoms with Crippen LogP contribution in [0, 0.1) is 0 Å². The second-order valence-corrected chi connectivity index (χ2v) is 4.12. The third-order valence-corrected chi connectivity index (χ3v) is 2.91. The van der Waals surface area contributed by atoms with Crippen LogP contribution in [0.15, 0.2) is 36.4 Å². The van der Waals surface area contributed by atoms with E-state index in [2.05, 4.69) is 0 Å². The van der Waals surface area contributed by atoms with Gasteiger partial charge in [0.1, 0.15) is 0 Å². The summed E-state index contributed by atoms with van der Waals surface area (Å²) < 4.78 is 5.81. The Bertz CT molecular complexity index is 595. The van der Waals surface area contributed by atoms with Crippen molar-refractivity contribution in [2.75, 3.05) is 23.4 Å². The molecule has 0 aromatic heterocycles. The normalized spacial score (nSPS) is 12.6.